The van der Waals surface area contributed by atoms with Crippen LogP contribution in [-0.4, -0.2) is 12.9 Å². The van der Waals surface area contributed by atoms with Crippen molar-refractivity contribution in [2.24, 2.45) is 0 Å². The first-order valence-corrected chi connectivity index (χ1v) is 8.18. The summed E-state index contributed by atoms with van der Waals surface area (Å²) in [6.07, 6.45) is 0.405. The first kappa shape index (κ1) is 16.8. The molecule has 0 atom stereocenters. The normalized spacial score (nSPS) is 10.3. The third-order valence-electron chi connectivity index (χ3n) is 3.97. The lowest BCUT2D eigenvalue weighted by Gasteiger charge is -2.10. The minimum Gasteiger partial charge on any atom is -0.496 e. The number of ether oxygens (including phenoxy) is 2. The van der Waals surface area contributed by atoms with Crippen LogP contribution in [-0.2, 0) is 13.0 Å². The smallest absolute Gasteiger partial charge is 0.167 e. The van der Waals surface area contributed by atoms with Crippen molar-refractivity contribution in [3.8, 4) is 11.5 Å². The van der Waals surface area contributed by atoms with Crippen molar-refractivity contribution < 1.29 is 14.3 Å². The molecule has 0 heterocycles. The summed E-state index contributed by atoms with van der Waals surface area (Å²) in [5, 5.41) is 0. The number of hydrogen-bond donors (Lipinski definition) is 0. The topological polar surface area (TPSA) is 35.5 Å². The molecule has 3 aromatic carbocycles. The lowest BCUT2D eigenvalue weighted by atomic mass is 10.0. The second-order valence-electron chi connectivity index (χ2n) is 5.71. The van der Waals surface area contributed by atoms with Gasteiger partial charge in [0.1, 0.15) is 18.1 Å². The van der Waals surface area contributed by atoms with Gasteiger partial charge in [-0.3, -0.25) is 4.79 Å². The van der Waals surface area contributed by atoms with Gasteiger partial charge in [-0.15, -0.1) is 0 Å². The molecule has 0 fully saturated rings. The van der Waals surface area contributed by atoms with E-state index in [-0.39, 0.29) is 5.78 Å². The molecule has 3 rings (SSSR count). The second-order valence-corrected chi connectivity index (χ2v) is 5.71. The summed E-state index contributed by atoms with van der Waals surface area (Å²) in [7, 11) is 1.64. The Morgan fingerprint density at radius 3 is 2.24 bits per heavy atom. The van der Waals surface area contributed by atoms with Gasteiger partial charge in [-0.2, -0.15) is 0 Å². The van der Waals surface area contributed by atoms with Crippen LogP contribution in [0.2, 0.25) is 0 Å². The number of carbonyl (C=O) groups is 1. The van der Waals surface area contributed by atoms with Crippen molar-refractivity contribution in [1.29, 1.82) is 0 Å². The van der Waals surface area contributed by atoms with E-state index in [1.54, 1.807) is 7.11 Å². The van der Waals surface area contributed by atoms with Crippen LogP contribution in [0.1, 0.15) is 21.5 Å². The summed E-state index contributed by atoms with van der Waals surface area (Å²) in [6.45, 7) is 0.418. The summed E-state index contributed by atoms with van der Waals surface area (Å²) in [6, 6.07) is 24.8. The van der Waals surface area contributed by atoms with E-state index in [9.17, 15) is 4.79 Å². The fourth-order valence-electron chi connectivity index (χ4n) is 2.60. The maximum Gasteiger partial charge on any atom is 0.167 e. The number of methoxy groups -OCH3 is 1. The molecule has 0 saturated heterocycles. The molecule has 0 unspecified atom stereocenters. The number of Topliss-reactive ketones (excluding diaryl/α,β-unsaturated/α-hetero) is 1. The van der Waals surface area contributed by atoms with Crippen LogP contribution in [0.3, 0.4) is 0 Å². The van der Waals surface area contributed by atoms with Gasteiger partial charge in [0.2, 0.25) is 0 Å². The molecule has 0 aliphatic rings. The van der Waals surface area contributed by atoms with Crippen LogP contribution in [0.25, 0.3) is 0 Å². The number of para-hydroxylation sites is 1. The molecule has 3 heteroatoms. The highest BCUT2D eigenvalue weighted by molar-refractivity contribution is 5.97. The van der Waals surface area contributed by atoms with Crippen LogP contribution in [0.4, 0.5) is 0 Å². The fourth-order valence-corrected chi connectivity index (χ4v) is 2.60. The van der Waals surface area contributed by atoms with Crippen molar-refractivity contribution in [2.45, 2.75) is 13.0 Å². The molecule has 0 saturated carbocycles. The van der Waals surface area contributed by atoms with Crippen molar-refractivity contribution in [3.63, 3.8) is 0 Å². The van der Waals surface area contributed by atoms with Crippen LogP contribution >= 0.6 is 0 Å². The molecule has 0 aromatic heterocycles. The van der Waals surface area contributed by atoms with E-state index in [4.69, 9.17) is 9.47 Å². The predicted octanol–water partition coefficient (Wildman–Crippen LogP) is 4.70. The Labute approximate surface area is 147 Å². The molecular formula is C22H20O3. The largest absolute Gasteiger partial charge is 0.496 e. The first-order valence-electron chi connectivity index (χ1n) is 8.18. The highest BCUT2D eigenvalue weighted by Gasteiger charge is 2.08. The highest BCUT2D eigenvalue weighted by Crippen LogP contribution is 2.21. The van der Waals surface area contributed by atoms with E-state index >= 15 is 0 Å². The van der Waals surface area contributed by atoms with Crippen LogP contribution in [0.5, 0.6) is 11.5 Å². The molecule has 25 heavy (non-hydrogen) atoms. The van der Waals surface area contributed by atoms with Gasteiger partial charge in [-0.25, -0.2) is 0 Å². The maximum absolute atomic E-state index is 12.3. The van der Waals surface area contributed by atoms with E-state index in [1.165, 1.54) is 0 Å². The number of rotatable bonds is 7. The second kappa shape index (κ2) is 8.15. The molecule has 3 nitrogen and oxygen atoms in total. The lowest BCUT2D eigenvalue weighted by Crippen LogP contribution is -2.03. The van der Waals surface area contributed by atoms with Crippen molar-refractivity contribution in [1.82, 2.24) is 0 Å². The predicted molar refractivity (Wildman–Crippen MR) is 98.2 cm³/mol. The quantitative estimate of drug-likeness (QED) is 0.588. The van der Waals surface area contributed by atoms with Gasteiger partial charge in [0.05, 0.1) is 7.11 Å². The van der Waals surface area contributed by atoms with Gasteiger partial charge in [-0.05, 0) is 35.9 Å². The van der Waals surface area contributed by atoms with Crippen molar-refractivity contribution in [3.05, 3.63) is 95.6 Å². The number of carbonyl (C=O) groups excluding carboxylic acids is 1. The Morgan fingerprint density at radius 1 is 0.840 bits per heavy atom. The fraction of sp³-hybridized carbons (Fsp3) is 0.136. The zero-order valence-electron chi connectivity index (χ0n) is 14.1. The minimum absolute atomic E-state index is 0.0995. The molecule has 0 N–H and O–H groups in total. The van der Waals surface area contributed by atoms with E-state index < -0.39 is 0 Å². The molecular weight excluding hydrogens is 312 g/mol. The number of hydrogen-bond acceptors (Lipinski definition) is 3. The Kier molecular flexibility index (Phi) is 5.47. The van der Waals surface area contributed by atoms with Gasteiger partial charge >= 0.3 is 0 Å². The highest BCUT2D eigenvalue weighted by atomic mass is 16.5. The monoisotopic (exact) mass is 332 g/mol. The SMILES string of the molecule is COc1ccccc1COc1ccc(C(=O)Cc2ccccc2)cc1. The molecule has 0 amide bonds. The molecule has 0 spiro atoms. The third-order valence-corrected chi connectivity index (χ3v) is 3.97. The van der Waals surface area contributed by atoms with E-state index in [2.05, 4.69) is 0 Å². The van der Waals surface area contributed by atoms with E-state index in [0.717, 1.165) is 22.6 Å². The summed E-state index contributed by atoms with van der Waals surface area (Å²) in [5.41, 5.74) is 2.69. The maximum atomic E-state index is 12.3. The van der Waals surface area contributed by atoms with Crippen LogP contribution < -0.4 is 9.47 Å². The van der Waals surface area contributed by atoms with Gasteiger partial charge in [0.15, 0.2) is 5.78 Å². The number of ketones is 1. The Balaban J connectivity index is 1.61. The van der Waals surface area contributed by atoms with Gasteiger partial charge in [0.25, 0.3) is 0 Å². The standard InChI is InChI=1S/C22H20O3/c1-24-22-10-6-5-9-19(22)16-25-20-13-11-18(12-14-20)21(23)15-17-7-3-2-4-8-17/h2-14H,15-16H2,1H3. The lowest BCUT2D eigenvalue weighted by molar-refractivity contribution is 0.0993. The molecule has 0 bridgehead atoms. The Bertz CT molecular complexity index is 823. The average Bonchev–Trinajstić information content (AvgIpc) is 2.67. The summed E-state index contributed by atoms with van der Waals surface area (Å²) in [5.74, 6) is 1.63. The average molecular weight is 332 g/mol. The zero-order chi connectivity index (χ0) is 17.5. The first-order chi connectivity index (χ1) is 12.3. The van der Waals surface area contributed by atoms with E-state index in [0.29, 0.717) is 18.6 Å². The third kappa shape index (κ3) is 4.48. The Hall–Kier alpha value is -3.07. The summed E-state index contributed by atoms with van der Waals surface area (Å²) >= 11 is 0. The van der Waals surface area contributed by atoms with Crippen molar-refractivity contribution >= 4 is 5.78 Å². The number of benzene rings is 3. The molecule has 0 aliphatic heterocycles. The van der Waals surface area contributed by atoms with Crippen LogP contribution in [0.15, 0.2) is 78.9 Å². The van der Waals surface area contributed by atoms with Gasteiger partial charge < -0.3 is 9.47 Å². The Morgan fingerprint density at radius 2 is 1.52 bits per heavy atom. The van der Waals surface area contributed by atoms with Gasteiger partial charge in [-0.1, -0.05) is 48.5 Å². The molecule has 126 valence electrons. The minimum atomic E-state index is 0.0995. The molecule has 3 aromatic rings. The summed E-state index contributed by atoms with van der Waals surface area (Å²) in [4.78, 5) is 12.3. The van der Waals surface area contributed by atoms with E-state index in [1.807, 2.05) is 78.9 Å². The van der Waals surface area contributed by atoms with Crippen LogP contribution in [0, 0.1) is 0 Å². The molecule has 0 radical (unpaired) electrons. The molecule has 0 aliphatic carbocycles. The zero-order valence-corrected chi connectivity index (χ0v) is 14.1. The summed E-state index contributed by atoms with van der Waals surface area (Å²) < 4.78 is 11.1. The van der Waals surface area contributed by atoms with Gasteiger partial charge in [0, 0.05) is 17.5 Å². The van der Waals surface area contributed by atoms with Crippen molar-refractivity contribution in [2.75, 3.05) is 7.11 Å².